The Bertz CT molecular complexity index is 793. The number of hydrogen-bond donors (Lipinski definition) is 0. The van der Waals surface area contributed by atoms with Gasteiger partial charge in [0.05, 0.1) is 24.5 Å². The number of benzene rings is 2. The first-order valence-electron chi connectivity index (χ1n) is 8.28. The average Bonchev–Trinajstić information content (AvgIpc) is 3.39. The van der Waals surface area contributed by atoms with Gasteiger partial charge in [0, 0.05) is 16.3 Å². The number of rotatable bonds is 4. The molecule has 2 aliphatic rings. The van der Waals surface area contributed by atoms with Crippen LogP contribution in [0.4, 0.5) is 11.4 Å². The van der Waals surface area contributed by atoms with Gasteiger partial charge in [-0.25, -0.2) is 0 Å². The van der Waals surface area contributed by atoms with Crippen molar-refractivity contribution in [1.82, 2.24) is 4.90 Å². The number of nitrogens with zero attached hydrogens (tertiary/aromatic N) is 2. The molecule has 6 heteroatoms. The third kappa shape index (κ3) is 3.03. The molecule has 1 fully saturated rings. The Morgan fingerprint density at radius 3 is 2.28 bits per heavy atom. The summed E-state index contributed by atoms with van der Waals surface area (Å²) < 4.78 is 5.03. The van der Waals surface area contributed by atoms with E-state index in [0.29, 0.717) is 13.2 Å². The zero-order valence-electron chi connectivity index (χ0n) is 13.8. The van der Waals surface area contributed by atoms with E-state index < -0.39 is 0 Å². The Hall–Kier alpha value is -2.31. The standard InChI is InChI=1S/C19H18N2O3S/c1-2-24-19(23)15-11-20(15)12-18(22)21-13-7-3-5-9-16(13)25-17-10-6-4-8-14(17)21/h3-10,15H,2,11-12H2,1H3. The molecular formula is C19H18N2O3S. The Labute approximate surface area is 150 Å². The lowest BCUT2D eigenvalue weighted by Gasteiger charge is -2.31. The molecule has 128 valence electrons. The number of fused-ring (bicyclic) bond motifs is 2. The normalized spacial score (nSPS) is 20.4. The fraction of sp³-hybridized carbons (Fsp3) is 0.263. The third-order valence-corrected chi connectivity index (χ3v) is 5.42. The van der Waals surface area contributed by atoms with Crippen molar-refractivity contribution in [3.63, 3.8) is 0 Å². The molecule has 5 nitrogen and oxygen atoms in total. The molecule has 1 saturated heterocycles. The number of para-hydroxylation sites is 2. The topological polar surface area (TPSA) is 49.6 Å². The van der Waals surface area contributed by atoms with Crippen molar-refractivity contribution in [3.8, 4) is 0 Å². The molecule has 0 aromatic heterocycles. The van der Waals surface area contributed by atoms with Crippen LogP contribution in [0, 0.1) is 0 Å². The van der Waals surface area contributed by atoms with E-state index in [4.69, 9.17) is 4.74 Å². The highest BCUT2D eigenvalue weighted by Crippen LogP contribution is 2.48. The van der Waals surface area contributed by atoms with Gasteiger partial charge >= 0.3 is 5.97 Å². The Morgan fingerprint density at radius 2 is 1.68 bits per heavy atom. The highest BCUT2D eigenvalue weighted by Gasteiger charge is 2.43. The van der Waals surface area contributed by atoms with Crippen molar-refractivity contribution in [2.24, 2.45) is 0 Å². The lowest BCUT2D eigenvalue weighted by Crippen LogP contribution is -2.34. The average molecular weight is 354 g/mol. The van der Waals surface area contributed by atoms with E-state index in [2.05, 4.69) is 0 Å². The Kier molecular flexibility index (Phi) is 4.23. The van der Waals surface area contributed by atoms with Gasteiger partial charge in [0.2, 0.25) is 5.91 Å². The molecule has 0 spiro atoms. The number of esters is 1. The van der Waals surface area contributed by atoms with Gasteiger partial charge in [-0.05, 0) is 31.2 Å². The third-order valence-electron chi connectivity index (χ3n) is 4.29. The molecule has 1 amide bonds. The van der Waals surface area contributed by atoms with Gasteiger partial charge < -0.3 is 4.74 Å². The van der Waals surface area contributed by atoms with Crippen LogP contribution in [0.5, 0.6) is 0 Å². The second-order valence-electron chi connectivity index (χ2n) is 5.96. The van der Waals surface area contributed by atoms with Crippen molar-refractivity contribution in [2.75, 3.05) is 24.6 Å². The van der Waals surface area contributed by atoms with E-state index in [1.54, 1.807) is 23.6 Å². The summed E-state index contributed by atoms with van der Waals surface area (Å²) in [6, 6.07) is 15.5. The Balaban J connectivity index is 1.58. The molecule has 0 aliphatic carbocycles. The van der Waals surface area contributed by atoms with Gasteiger partial charge in [0.15, 0.2) is 0 Å². The SMILES string of the molecule is CCOC(=O)C1CN1CC(=O)N1c2ccccc2Sc2ccccc21. The van der Waals surface area contributed by atoms with Gasteiger partial charge in [-0.2, -0.15) is 0 Å². The number of hydrogen-bond acceptors (Lipinski definition) is 5. The molecule has 0 N–H and O–H groups in total. The monoisotopic (exact) mass is 354 g/mol. The summed E-state index contributed by atoms with van der Waals surface area (Å²) in [5.74, 6) is -0.280. The van der Waals surface area contributed by atoms with Crippen LogP contribution in [0.1, 0.15) is 6.92 Å². The summed E-state index contributed by atoms with van der Waals surface area (Å²) in [5.41, 5.74) is 1.79. The minimum Gasteiger partial charge on any atom is -0.465 e. The van der Waals surface area contributed by atoms with Gasteiger partial charge in [-0.15, -0.1) is 0 Å². The molecule has 2 atom stereocenters. The first-order chi connectivity index (χ1) is 12.2. The molecule has 4 rings (SSSR count). The van der Waals surface area contributed by atoms with E-state index >= 15 is 0 Å². The predicted octanol–water partition coefficient (Wildman–Crippen LogP) is 3.06. The number of carbonyl (C=O) groups is 2. The van der Waals surface area contributed by atoms with E-state index in [0.717, 1.165) is 21.2 Å². The summed E-state index contributed by atoms with van der Waals surface area (Å²) in [5, 5.41) is 0. The fourth-order valence-electron chi connectivity index (χ4n) is 3.03. The maximum Gasteiger partial charge on any atom is 0.324 e. The van der Waals surface area contributed by atoms with Crippen LogP contribution in [-0.2, 0) is 14.3 Å². The van der Waals surface area contributed by atoms with Crippen LogP contribution in [0.25, 0.3) is 0 Å². The van der Waals surface area contributed by atoms with Crippen LogP contribution >= 0.6 is 11.8 Å². The van der Waals surface area contributed by atoms with Gasteiger partial charge in [0.1, 0.15) is 6.04 Å². The molecule has 0 radical (unpaired) electrons. The van der Waals surface area contributed by atoms with E-state index in [1.165, 1.54) is 0 Å². The summed E-state index contributed by atoms with van der Waals surface area (Å²) in [6.07, 6.45) is 0. The highest BCUT2D eigenvalue weighted by atomic mass is 32.2. The molecule has 25 heavy (non-hydrogen) atoms. The van der Waals surface area contributed by atoms with Crippen LogP contribution in [-0.4, -0.2) is 42.5 Å². The molecule has 2 aromatic carbocycles. The largest absolute Gasteiger partial charge is 0.465 e. The second kappa shape index (κ2) is 6.54. The number of carbonyl (C=O) groups excluding carboxylic acids is 2. The lowest BCUT2D eigenvalue weighted by atomic mass is 10.2. The molecular weight excluding hydrogens is 336 g/mol. The predicted molar refractivity (Wildman–Crippen MR) is 96.1 cm³/mol. The summed E-state index contributed by atoms with van der Waals surface area (Å²) >= 11 is 1.67. The first-order valence-corrected chi connectivity index (χ1v) is 9.10. The van der Waals surface area contributed by atoms with Gasteiger partial charge in [-0.1, -0.05) is 36.0 Å². The fourth-order valence-corrected chi connectivity index (χ4v) is 4.09. The number of anilines is 2. The van der Waals surface area contributed by atoms with Crippen LogP contribution in [0.15, 0.2) is 58.3 Å². The van der Waals surface area contributed by atoms with Crippen LogP contribution in [0.3, 0.4) is 0 Å². The second-order valence-corrected chi connectivity index (χ2v) is 7.05. The summed E-state index contributed by atoms with van der Waals surface area (Å²) in [6.45, 7) is 2.93. The minimum atomic E-state index is -0.284. The molecule has 0 bridgehead atoms. The number of amides is 1. The lowest BCUT2D eigenvalue weighted by molar-refractivity contribution is -0.143. The van der Waals surface area contributed by atoms with Crippen molar-refractivity contribution >= 4 is 35.0 Å². The summed E-state index contributed by atoms with van der Waals surface area (Å²) in [7, 11) is 0. The van der Waals surface area contributed by atoms with E-state index in [9.17, 15) is 9.59 Å². The zero-order chi connectivity index (χ0) is 17.4. The van der Waals surface area contributed by atoms with Crippen molar-refractivity contribution in [2.45, 2.75) is 22.8 Å². The maximum absolute atomic E-state index is 13.0. The van der Waals surface area contributed by atoms with Crippen LogP contribution in [0.2, 0.25) is 0 Å². The first kappa shape index (κ1) is 16.2. The van der Waals surface area contributed by atoms with Crippen molar-refractivity contribution in [3.05, 3.63) is 48.5 Å². The van der Waals surface area contributed by atoms with Gasteiger partial charge in [-0.3, -0.25) is 19.4 Å². The van der Waals surface area contributed by atoms with Crippen molar-refractivity contribution in [1.29, 1.82) is 0 Å². The maximum atomic E-state index is 13.0. The molecule has 2 heterocycles. The molecule has 2 aromatic rings. The minimum absolute atomic E-state index is 0.0352. The molecule has 0 saturated carbocycles. The highest BCUT2D eigenvalue weighted by molar-refractivity contribution is 7.99. The van der Waals surface area contributed by atoms with E-state index in [1.807, 2.05) is 53.4 Å². The van der Waals surface area contributed by atoms with Gasteiger partial charge in [0.25, 0.3) is 0 Å². The smallest absolute Gasteiger partial charge is 0.324 e. The molecule has 2 aliphatic heterocycles. The quantitative estimate of drug-likeness (QED) is 0.624. The van der Waals surface area contributed by atoms with E-state index in [-0.39, 0.29) is 24.5 Å². The summed E-state index contributed by atoms with van der Waals surface area (Å²) in [4.78, 5) is 30.5. The molecule has 2 unspecified atom stereocenters. The Morgan fingerprint density at radius 1 is 1.08 bits per heavy atom. The van der Waals surface area contributed by atoms with Crippen molar-refractivity contribution < 1.29 is 14.3 Å². The zero-order valence-corrected chi connectivity index (χ0v) is 14.7. The van der Waals surface area contributed by atoms with Crippen LogP contribution < -0.4 is 4.90 Å². The number of ether oxygens (including phenoxy) is 1.